The third kappa shape index (κ3) is 5.38. The van der Waals surface area contributed by atoms with Crippen LogP contribution in [0.2, 0.25) is 0 Å². The summed E-state index contributed by atoms with van der Waals surface area (Å²) in [6, 6.07) is 9.42. The summed E-state index contributed by atoms with van der Waals surface area (Å²) in [5, 5.41) is 0.995. The number of pyridine rings is 1. The second kappa shape index (κ2) is 9.28. The van der Waals surface area contributed by atoms with E-state index < -0.39 is 17.7 Å². The number of thiocarbonyl (C=S) groups is 1. The van der Waals surface area contributed by atoms with Crippen molar-refractivity contribution < 1.29 is 19.0 Å². The number of ether oxygens (including phenoxy) is 3. The Morgan fingerprint density at radius 3 is 2.83 bits per heavy atom. The lowest BCUT2D eigenvalue weighted by Gasteiger charge is -2.40. The molecule has 156 valence electrons. The van der Waals surface area contributed by atoms with Crippen molar-refractivity contribution in [2.24, 2.45) is 0 Å². The van der Waals surface area contributed by atoms with Crippen molar-refractivity contribution in [3.63, 3.8) is 0 Å². The maximum atomic E-state index is 12.9. The summed E-state index contributed by atoms with van der Waals surface area (Å²) in [7, 11) is 0. The zero-order valence-corrected chi connectivity index (χ0v) is 18.7. The van der Waals surface area contributed by atoms with Crippen LogP contribution >= 0.6 is 24.0 Å². The second-order valence-electron chi connectivity index (χ2n) is 7.73. The van der Waals surface area contributed by atoms with Crippen LogP contribution in [0.1, 0.15) is 32.4 Å². The quantitative estimate of drug-likeness (QED) is 0.656. The first-order chi connectivity index (χ1) is 13.8. The predicted octanol–water partition coefficient (Wildman–Crippen LogP) is 4.58. The molecule has 0 radical (unpaired) electrons. The molecule has 0 saturated carbocycles. The standard InChI is InChI=1S/C21H26N2O4S2/c1-21(2,3)27-19(24)23-11-12-25-13-16(23)18(26-20(28)29-4)15-9-5-7-14-8-6-10-22-17(14)15/h5-10,16,18H,11-13H2,1-4H3. The number of hydrogen-bond acceptors (Lipinski definition) is 7. The Kier molecular flexibility index (Phi) is 6.97. The predicted molar refractivity (Wildman–Crippen MR) is 119 cm³/mol. The van der Waals surface area contributed by atoms with Crippen molar-refractivity contribution in [3.05, 3.63) is 42.1 Å². The molecule has 1 fully saturated rings. The summed E-state index contributed by atoms with van der Waals surface area (Å²) >= 11 is 6.71. The Labute approximate surface area is 180 Å². The molecule has 6 nitrogen and oxygen atoms in total. The van der Waals surface area contributed by atoms with E-state index in [4.69, 9.17) is 26.4 Å². The van der Waals surface area contributed by atoms with Crippen LogP contribution in [0.5, 0.6) is 0 Å². The van der Waals surface area contributed by atoms with Gasteiger partial charge in [0.15, 0.2) is 6.10 Å². The van der Waals surface area contributed by atoms with E-state index in [1.807, 2.05) is 57.4 Å². The first-order valence-corrected chi connectivity index (χ1v) is 11.1. The Morgan fingerprint density at radius 2 is 2.10 bits per heavy atom. The van der Waals surface area contributed by atoms with Gasteiger partial charge in [-0.1, -0.05) is 36.0 Å². The van der Waals surface area contributed by atoms with Gasteiger partial charge >= 0.3 is 6.09 Å². The van der Waals surface area contributed by atoms with Gasteiger partial charge in [-0.25, -0.2) is 4.79 Å². The molecule has 2 aromatic rings. The molecular formula is C21H26N2O4S2. The third-order valence-corrected chi connectivity index (χ3v) is 5.53. The fourth-order valence-electron chi connectivity index (χ4n) is 3.28. The van der Waals surface area contributed by atoms with E-state index in [2.05, 4.69) is 4.98 Å². The van der Waals surface area contributed by atoms with E-state index in [-0.39, 0.29) is 6.09 Å². The molecule has 2 unspecified atom stereocenters. The minimum Gasteiger partial charge on any atom is -0.468 e. The largest absolute Gasteiger partial charge is 0.468 e. The molecule has 1 aliphatic heterocycles. The molecule has 3 rings (SSSR count). The molecule has 1 amide bonds. The molecule has 29 heavy (non-hydrogen) atoms. The summed E-state index contributed by atoms with van der Waals surface area (Å²) in [5.74, 6) is 0. The maximum absolute atomic E-state index is 12.9. The fourth-order valence-corrected chi connectivity index (χ4v) is 3.58. The van der Waals surface area contributed by atoms with Crippen LogP contribution in [-0.2, 0) is 14.2 Å². The molecule has 0 aliphatic carbocycles. The lowest BCUT2D eigenvalue weighted by Crippen LogP contribution is -2.53. The third-order valence-electron chi connectivity index (χ3n) is 4.50. The highest BCUT2D eigenvalue weighted by atomic mass is 32.2. The second-order valence-corrected chi connectivity index (χ2v) is 9.14. The summed E-state index contributed by atoms with van der Waals surface area (Å²) < 4.78 is 17.9. The van der Waals surface area contributed by atoms with Gasteiger partial charge in [0.2, 0.25) is 4.38 Å². The van der Waals surface area contributed by atoms with Crippen LogP contribution in [0, 0.1) is 0 Å². The average molecular weight is 435 g/mol. The maximum Gasteiger partial charge on any atom is 0.410 e. The lowest BCUT2D eigenvalue weighted by molar-refractivity contribution is -0.0626. The first-order valence-electron chi connectivity index (χ1n) is 9.46. The van der Waals surface area contributed by atoms with Gasteiger partial charge < -0.3 is 14.2 Å². The summed E-state index contributed by atoms with van der Waals surface area (Å²) in [6.07, 6.45) is 2.70. The van der Waals surface area contributed by atoms with Gasteiger partial charge in [-0.3, -0.25) is 9.88 Å². The summed E-state index contributed by atoms with van der Waals surface area (Å²) in [5.41, 5.74) is 1.09. The van der Waals surface area contributed by atoms with Crippen LogP contribution in [0.15, 0.2) is 36.5 Å². The Balaban J connectivity index is 2.02. The fraction of sp³-hybridized carbons (Fsp3) is 0.476. The monoisotopic (exact) mass is 434 g/mol. The van der Waals surface area contributed by atoms with Crippen molar-refractivity contribution in [3.8, 4) is 0 Å². The SMILES string of the molecule is CSC(=S)OC(c1cccc2cccnc12)C1COCCN1C(=O)OC(C)(C)C. The topological polar surface area (TPSA) is 60.9 Å². The number of hydrogen-bond donors (Lipinski definition) is 0. The van der Waals surface area contributed by atoms with Gasteiger partial charge in [0.05, 0.1) is 24.8 Å². The van der Waals surface area contributed by atoms with Crippen LogP contribution in [-0.4, -0.2) is 58.0 Å². The number of morpholine rings is 1. The molecule has 2 atom stereocenters. The molecule has 0 spiro atoms. The number of rotatable bonds is 3. The van der Waals surface area contributed by atoms with E-state index in [0.717, 1.165) is 16.5 Å². The Bertz CT molecular complexity index is 879. The number of fused-ring (bicyclic) bond motifs is 1. The molecule has 0 bridgehead atoms. The molecule has 8 heteroatoms. The van der Waals surface area contributed by atoms with Crippen molar-refractivity contribution >= 4 is 45.4 Å². The summed E-state index contributed by atoms with van der Waals surface area (Å²) in [6.45, 7) is 6.75. The number of carbonyl (C=O) groups is 1. The lowest BCUT2D eigenvalue weighted by atomic mass is 9.97. The number of para-hydroxylation sites is 1. The molecule has 1 aromatic heterocycles. The number of benzene rings is 1. The zero-order valence-electron chi connectivity index (χ0n) is 17.1. The van der Waals surface area contributed by atoms with Crippen LogP contribution < -0.4 is 0 Å². The molecular weight excluding hydrogens is 408 g/mol. The van der Waals surface area contributed by atoms with E-state index in [1.54, 1.807) is 11.1 Å². The van der Waals surface area contributed by atoms with Crippen LogP contribution in [0.4, 0.5) is 4.79 Å². The van der Waals surface area contributed by atoms with Crippen LogP contribution in [0.3, 0.4) is 0 Å². The van der Waals surface area contributed by atoms with Gasteiger partial charge in [0.25, 0.3) is 0 Å². The van der Waals surface area contributed by atoms with E-state index in [9.17, 15) is 4.79 Å². The molecule has 1 saturated heterocycles. The van der Waals surface area contributed by atoms with Gasteiger partial charge in [-0.15, -0.1) is 0 Å². The highest BCUT2D eigenvalue weighted by Gasteiger charge is 2.39. The van der Waals surface area contributed by atoms with Gasteiger partial charge in [0, 0.05) is 23.7 Å². The smallest absolute Gasteiger partial charge is 0.410 e. The molecule has 0 N–H and O–H groups in total. The van der Waals surface area contributed by atoms with Gasteiger partial charge in [-0.2, -0.15) is 0 Å². The minimum atomic E-state index is -0.591. The number of thioether (sulfide) groups is 1. The number of aromatic nitrogens is 1. The normalized spacial score (nSPS) is 18.3. The van der Waals surface area contributed by atoms with Crippen molar-refractivity contribution in [1.29, 1.82) is 0 Å². The van der Waals surface area contributed by atoms with Crippen molar-refractivity contribution in [1.82, 2.24) is 9.88 Å². The molecule has 1 aliphatic rings. The molecule has 1 aromatic carbocycles. The summed E-state index contributed by atoms with van der Waals surface area (Å²) in [4.78, 5) is 19.2. The van der Waals surface area contributed by atoms with Crippen molar-refractivity contribution in [2.75, 3.05) is 26.0 Å². The Hall–Kier alpha value is -1.90. The molecule has 2 heterocycles. The van der Waals surface area contributed by atoms with Gasteiger partial charge in [-0.05, 0) is 45.3 Å². The highest BCUT2D eigenvalue weighted by molar-refractivity contribution is 8.22. The number of nitrogens with zero attached hydrogens (tertiary/aromatic N) is 2. The Morgan fingerprint density at radius 1 is 1.34 bits per heavy atom. The van der Waals surface area contributed by atoms with E-state index in [0.29, 0.717) is 24.1 Å². The number of amides is 1. The number of carbonyl (C=O) groups excluding carboxylic acids is 1. The first kappa shape index (κ1) is 21.8. The highest BCUT2D eigenvalue weighted by Crippen LogP contribution is 2.33. The minimum absolute atomic E-state index is 0.324. The average Bonchev–Trinajstić information content (AvgIpc) is 2.70. The van der Waals surface area contributed by atoms with Crippen LogP contribution in [0.25, 0.3) is 10.9 Å². The van der Waals surface area contributed by atoms with Gasteiger partial charge in [0.1, 0.15) is 5.60 Å². The van der Waals surface area contributed by atoms with Crippen molar-refractivity contribution in [2.45, 2.75) is 38.5 Å². The zero-order chi connectivity index (χ0) is 21.0. The van der Waals surface area contributed by atoms with E-state index in [1.165, 1.54) is 11.8 Å². The van der Waals surface area contributed by atoms with E-state index >= 15 is 0 Å².